The van der Waals surface area contributed by atoms with E-state index in [0.29, 0.717) is 27.5 Å². The molecule has 3 aromatic heterocycles. The molecule has 27 heavy (non-hydrogen) atoms. The van der Waals surface area contributed by atoms with Gasteiger partial charge in [-0.05, 0) is 43.7 Å². The maximum atomic E-state index is 12.5. The van der Waals surface area contributed by atoms with Crippen molar-refractivity contribution in [3.8, 4) is 0 Å². The molecule has 7 nitrogen and oxygen atoms in total. The fraction of sp³-hybridized carbons (Fsp3) is 0.368. The topological polar surface area (TPSA) is 105 Å². The van der Waals surface area contributed by atoms with E-state index in [4.69, 9.17) is 4.74 Å². The summed E-state index contributed by atoms with van der Waals surface area (Å²) >= 11 is 1.55. The average molecular weight is 385 g/mol. The van der Waals surface area contributed by atoms with Crippen LogP contribution >= 0.6 is 11.3 Å². The zero-order chi connectivity index (χ0) is 19.1. The van der Waals surface area contributed by atoms with Gasteiger partial charge >= 0.3 is 5.97 Å². The molecule has 140 valence electrons. The van der Waals surface area contributed by atoms with E-state index < -0.39 is 5.97 Å². The van der Waals surface area contributed by atoms with Crippen molar-refractivity contribution in [2.45, 2.75) is 39.7 Å². The Hall–Kier alpha value is -2.74. The van der Waals surface area contributed by atoms with Gasteiger partial charge in [0.25, 0.3) is 5.56 Å². The van der Waals surface area contributed by atoms with E-state index in [9.17, 15) is 14.4 Å². The molecular formula is C19H19N3O4S. The number of thiophene rings is 1. The Bertz CT molecular complexity index is 1110. The zero-order valence-corrected chi connectivity index (χ0v) is 15.9. The first kappa shape index (κ1) is 17.7. The smallest absolute Gasteiger partial charge is 0.355 e. The van der Waals surface area contributed by atoms with Crippen molar-refractivity contribution in [2.24, 2.45) is 5.92 Å². The number of aromatic nitrogens is 3. The monoisotopic (exact) mass is 385 g/mol. The number of rotatable bonds is 4. The molecule has 0 aromatic carbocycles. The van der Waals surface area contributed by atoms with Gasteiger partial charge < -0.3 is 14.7 Å². The van der Waals surface area contributed by atoms with Crippen molar-refractivity contribution in [2.75, 3.05) is 0 Å². The van der Waals surface area contributed by atoms with E-state index >= 15 is 0 Å². The summed E-state index contributed by atoms with van der Waals surface area (Å²) in [5.74, 6) is 0.180. The predicted molar refractivity (Wildman–Crippen MR) is 101 cm³/mol. The number of carbonyl (C=O) groups excluding carboxylic acids is 2. The Morgan fingerprint density at radius 1 is 1.41 bits per heavy atom. The van der Waals surface area contributed by atoms with Crippen LogP contribution in [0.15, 0.2) is 17.1 Å². The maximum Gasteiger partial charge on any atom is 0.355 e. The summed E-state index contributed by atoms with van der Waals surface area (Å²) in [4.78, 5) is 47.8. The van der Waals surface area contributed by atoms with Gasteiger partial charge in [0.1, 0.15) is 23.0 Å². The third-order valence-corrected chi connectivity index (χ3v) is 6.01. The molecule has 0 saturated heterocycles. The largest absolute Gasteiger partial charge is 0.453 e. The van der Waals surface area contributed by atoms with Crippen molar-refractivity contribution in [3.05, 3.63) is 50.1 Å². The van der Waals surface area contributed by atoms with Gasteiger partial charge in [0.2, 0.25) is 0 Å². The van der Waals surface area contributed by atoms with Gasteiger partial charge in [-0.15, -0.1) is 11.3 Å². The lowest BCUT2D eigenvalue weighted by molar-refractivity contribution is 0.0456. The summed E-state index contributed by atoms with van der Waals surface area (Å²) in [5, 5.41) is 0.674. The minimum absolute atomic E-state index is 0.141. The molecule has 8 heteroatoms. The third kappa shape index (κ3) is 3.32. The van der Waals surface area contributed by atoms with E-state index in [-0.39, 0.29) is 23.6 Å². The Balaban J connectivity index is 1.55. The molecule has 1 aliphatic carbocycles. The molecule has 0 unspecified atom stereocenters. The number of Topliss-reactive ketones (excluding diaryl/α,β-unsaturated/α-hetero) is 1. The van der Waals surface area contributed by atoms with Gasteiger partial charge in [0.05, 0.1) is 5.39 Å². The quantitative estimate of drug-likeness (QED) is 0.531. The second-order valence-corrected chi connectivity index (χ2v) is 8.06. The summed E-state index contributed by atoms with van der Waals surface area (Å²) in [6.45, 7) is 3.49. The first-order valence-electron chi connectivity index (χ1n) is 8.82. The van der Waals surface area contributed by atoms with E-state index in [1.165, 1.54) is 24.1 Å². The summed E-state index contributed by atoms with van der Waals surface area (Å²) in [6, 6.07) is 1.44. The Morgan fingerprint density at radius 3 is 2.96 bits per heavy atom. The lowest BCUT2D eigenvalue weighted by Crippen LogP contribution is -2.16. The van der Waals surface area contributed by atoms with E-state index in [1.807, 2.05) is 0 Å². The highest BCUT2D eigenvalue weighted by molar-refractivity contribution is 7.18. The highest BCUT2D eigenvalue weighted by Crippen LogP contribution is 2.35. The first-order chi connectivity index (χ1) is 12.9. The van der Waals surface area contributed by atoms with E-state index in [2.05, 4.69) is 21.9 Å². The highest BCUT2D eigenvalue weighted by Gasteiger charge is 2.23. The predicted octanol–water partition coefficient (Wildman–Crippen LogP) is 3.00. The maximum absolute atomic E-state index is 12.5. The lowest BCUT2D eigenvalue weighted by Gasteiger charge is -2.17. The number of ketones is 1. The molecule has 0 bridgehead atoms. The van der Waals surface area contributed by atoms with Crippen LogP contribution in [0, 0.1) is 5.92 Å². The average Bonchev–Trinajstić information content (AvgIpc) is 3.24. The molecule has 1 atom stereocenters. The van der Waals surface area contributed by atoms with Gasteiger partial charge in [-0.3, -0.25) is 9.59 Å². The fourth-order valence-electron chi connectivity index (χ4n) is 3.39. The van der Waals surface area contributed by atoms with Crippen molar-refractivity contribution in [1.29, 1.82) is 0 Å². The minimum Gasteiger partial charge on any atom is -0.453 e. The molecule has 0 fully saturated rings. The van der Waals surface area contributed by atoms with Crippen LogP contribution in [-0.4, -0.2) is 26.7 Å². The van der Waals surface area contributed by atoms with Gasteiger partial charge in [-0.25, -0.2) is 9.78 Å². The van der Waals surface area contributed by atoms with Crippen LogP contribution in [0.4, 0.5) is 0 Å². The Kier molecular flexibility index (Phi) is 4.43. The van der Waals surface area contributed by atoms with Crippen molar-refractivity contribution >= 4 is 33.3 Å². The number of hydrogen-bond acceptors (Lipinski definition) is 6. The number of hydrogen-bond donors (Lipinski definition) is 2. The second kappa shape index (κ2) is 6.77. The van der Waals surface area contributed by atoms with Crippen LogP contribution in [0.25, 0.3) is 10.2 Å². The summed E-state index contributed by atoms with van der Waals surface area (Å²) in [7, 11) is 0. The van der Waals surface area contributed by atoms with Crippen LogP contribution in [-0.2, 0) is 24.2 Å². The van der Waals surface area contributed by atoms with Crippen LogP contribution in [0.1, 0.15) is 57.4 Å². The van der Waals surface area contributed by atoms with Gasteiger partial charge in [-0.1, -0.05) is 6.92 Å². The van der Waals surface area contributed by atoms with Crippen molar-refractivity contribution in [1.82, 2.24) is 15.0 Å². The highest BCUT2D eigenvalue weighted by atomic mass is 32.1. The van der Waals surface area contributed by atoms with Gasteiger partial charge in [0.15, 0.2) is 5.78 Å². The van der Waals surface area contributed by atoms with Crippen LogP contribution in [0.5, 0.6) is 0 Å². The van der Waals surface area contributed by atoms with Crippen molar-refractivity contribution < 1.29 is 14.3 Å². The number of fused-ring (bicyclic) bond motifs is 3. The molecule has 3 aromatic rings. The molecule has 3 heterocycles. The van der Waals surface area contributed by atoms with Gasteiger partial charge in [0, 0.05) is 16.6 Å². The van der Waals surface area contributed by atoms with Gasteiger partial charge in [-0.2, -0.15) is 0 Å². The number of H-pyrrole nitrogens is 2. The molecule has 0 spiro atoms. The number of ether oxygens (including phenoxy) is 1. The van der Waals surface area contributed by atoms with Crippen molar-refractivity contribution in [3.63, 3.8) is 0 Å². The molecule has 0 aliphatic heterocycles. The third-order valence-electron chi connectivity index (χ3n) is 4.86. The van der Waals surface area contributed by atoms with E-state index in [0.717, 1.165) is 24.8 Å². The molecular weight excluding hydrogens is 366 g/mol. The van der Waals surface area contributed by atoms with Crippen LogP contribution in [0.2, 0.25) is 0 Å². The number of esters is 1. The zero-order valence-electron chi connectivity index (χ0n) is 15.0. The number of aryl methyl sites for hydroxylation is 1. The molecule has 0 saturated carbocycles. The SMILES string of the molecule is CC(=O)c1c[nH]c(C(=O)OCc2nc3sc4c(c3c(=O)[nH]2)CC[C@@H](C)C4)c1. The number of nitrogens with one attached hydrogen (secondary N) is 2. The van der Waals surface area contributed by atoms with Crippen LogP contribution in [0.3, 0.4) is 0 Å². The summed E-state index contributed by atoms with van der Waals surface area (Å²) < 4.78 is 5.22. The van der Waals surface area contributed by atoms with Crippen LogP contribution < -0.4 is 5.56 Å². The summed E-state index contributed by atoms with van der Waals surface area (Å²) in [5.41, 5.74) is 1.53. The standard InChI is InChI=1S/C19H19N3O4S/c1-9-3-4-12-14(5-9)27-18-16(12)17(24)21-15(22-18)8-26-19(25)13-6-11(7-20-13)10(2)23/h6-7,9,20H,3-5,8H2,1-2H3,(H,21,22,24)/t9-/m1/s1. The van der Waals surface area contributed by atoms with E-state index in [1.54, 1.807) is 11.3 Å². The normalized spacial score (nSPS) is 16.3. The molecule has 4 rings (SSSR count). The summed E-state index contributed by atoms with van der Waals surface area (Å²) in [6.07, 6.45) is 4.42. The number of carbonyl (C=O) groups is 2. The fourth-order valence-corrected chi connectivity index (χ4v) is 4.79. The molecule has 0 amide bonds. The molecule has 2 N–H and O–H groups in total. The number of aromatic amines is 2. The molecule has 1 aliphatic rings. The number of nitrogens with zero attached hydrogens (tertiary/aromatic N) is 1. The Labute approximate surface area is 158 Å². The minimum atomic E-state index is -0.607. The first-order valence-corrected chi connectivity index (χ1v) is 9.64. The molecule has 0 radical (unpaired) electrons. The Morgan fingerprint density at radius 2 is 2.22 bits per heavy atom. The second-order valence-electron chi connectivity index (χ2n) is 6.98. The lowest BCUT2D eigenvalue weighted by atomic mass is 9.89.